The van der Waals surface area contributed by atoms with Crippen LogP contribution in [0.1, 0.15) is 29.9 Å². The van der Waals surface area contributed by atoms with E-state index in [9.17, 15) is 9.18 Å². The summed E-state index contributed by atoms with van der Waals surface area (Å²) in [5.41, 5.74) is 2.74. The van der Waals surface area contributed by atoms with Gasteiger partial charge in [0.05, 0.1) is 24.1 Å². The molecule has 27 heavy (non-hydrogen) atoms. The van der Waals surface area contributed by atoms with E-state index < -0.39 is 11.7 Å². The first-order valence-electron chi connectivity index (χ1n) is 8.77. The number of aromatic amines is 1. The molecule has 1 heterocycles. The van der Waals surface area contributed by atoms with E-state index in [0.717, 1.165) is 11.3 Å². The fourth-order valence-electron chi connectivity index (χ4n) is 2.87. The number of carbonyl (C=O) groups is 1. The summed E-state index contributed by atoms with van der Waals surface area (Å²) in [6.07, 6.45) is 0.698. The summed E-state index contributed by atoms with van der Waals surface area (Å²) in [5.74, 6) is -0.0319. The van der Waals surface area contributed by atoms with E-state index in [1.165, 1.54) is 12.1 Å². The smallest absolute Gasteiger partial charge is 0.258 e. The minimum atomic E-state index is -0.563. The van der Waals surface area contributed by atoms with Gasteiger partial charge in [-0.05, 0) is 36.6 Å². The zero-order chi connectivity index (χ0) is 19.4. The zero-order valence-electron chi connectivity index (χ0n) is 15.5. The van der Waals surface area contributed by atoms with Crippen LogP contribution in [0.15, 0.2) is 48.5 Å². The van der Waals surface area contributed by atoms with E-state index in [-0.39, 0.29) is 5.56 Å². The third kappa shape index (κ3) is 4.16. The zero-order valence-corrected chi connectivity index (χ0v) is 15.5. The highest BCUT2D eigenvalue weighted by molar-refractivity contribution is 6.06. The van der Waals surface area contributed by atoms with E-state index in [1.54, 1.807) is 19.2 Å². The Morgan fingerprint density at radius 3 is 2.70 bits per heavy atom. The summed E-state index contributed by atoms with van der Waals surface area (Å²) in [4.78, 5) is 12.7. The second-order valence-corrected chi connectivity index (χ2v) is 6.69. The number of methoxy groups -OCH3 is 1. The molecule has 0 fully saturated rings. The highest BCUT2D eigenvalue weighted by atomic mass is 19.1. The first kappa shape index (κ1) is 18.6. The molecule has 0 saturated carbocycles. The van der Waals surface area contributed by atoms with Gasteiger partial charge in [0.25, 0.3) is 5.91 Å². The SMILES string of the molecule is COc1cccc(-c2n[nH]c(CC(C)C)c2NC(=O)c2ccccc2F)c1. The molecule has 1 amide bonds. The van der Waals surface area contributed by atoms with Crippen LogP contribution in [0.2, 0.25) is 0 Å². The molecular weight excluding hydrogens is 345 g/mol. The van der Waals surface area contributed by atoms with Crippen molar-refractivity contribution < 1.29 is 13.9 Å². The van der Waals surface area contributed by atoms with E-state index in [0.29, 0.717) is 29.5 Å². The van der Waals surface area contributed by atoms with Gasteiger partial charge < -0.3 is 10.1 Å². The molecule has 1 aromatic heterocycles. The second-order valence-electron chi connectivity index (χ2n) is 6.69. The van der Waals surface area contributed by atoms with E-state index in [1.807, 2.05) is 24.3 Å². The van der Waals surface area contributed by atoms with Crippen LogP contribution in [0.4, 0.5) is 10.1 Å². The van der Waals surface area contributed by atoms with Crippen molar-refractivity contribution in [2.45, 2.75) is 20.3 Å². The Kier molecular flexibility index (Phi) is 5.54. The fourth-order valence-corrected chi connectivity index (χ4v) is 2.87. The van der Waals surface area contributed by atoms with Crippen LogP contribution in [0.5, 0.6) is 5.75 Å². The molecule has 0 bridgehead atoms. The Balaban J connectivity index is 2.02. The first-order chi connectivity index (χ1) is 13.0. The average Bonchev–Trinajstić information content (AvgIpc) is 3.03. The third-order valence-electron chi connectivity index (χ3n) is 4.15. The Morgan fingerprint density at radius 1 is 1.22 bits per heavy atom. The first-order valence-corrected chi connectivity index (χ1v) is 8.77. The van der Waals surface area contributed by atoms with E-state index in [2.05, 4.69) is 29.4 Å². The standard InChI is InChI=1S/C21H22FN3O2/c1-13(2)11-18-20(23-21(26)16-9-4-5-10-17(16)22)19(25-24-18)14-7-6-8-15(12-14)27-3/h4-10,12-13H,11H2,1-3H3,(H,23,26)(H,24,25). The fraction of sp³-hybridized carbons (Fsp3) is 0.238. The number of aromatic nitrogens is 2. The highest BCUT2D eigenvalue weighted by Gasteiger charge is 2.20. The molecular formula is C21H22FN3O2. The van der Waals surface area contributed by atoms with Crippen LogP contribution in [0.25, 0.3) is 11.3 Å². The number of nitrogens with one attached hydrogen (secondary N) is 2. The summed E-state index contributed by atoms with van der Waals surface area (Å²) >= 11 is 0. The Morgan fingerprint density at radius 2 is 2.00 bits per heavy atom. The van der Waals surface area contributed by atoms with Gasteiger partial charge in [-0.3, -0.25) is 9.89 Å². The summed E-state index contributed by atoms with van der Waals surface area (Å²) in [7, 11) is 1.59. The maximum atomic E-state index is 14.0. The number of halogens is 1. The summed E-state index contributed by atoms with van der Waals surface area (Å²) in [5, 5.41) is 10.3. The topological polar surface area (TPSA) is 67.0 Å². The Hall–Kier alpha value is -3.15. The molecule has 0 aliphatic heterocycles. The molecule has 6 heteroatoms. The van der Waals surface area contributed by atoms with Crippen LogP contribution < -0.4 is 10.1 Å². The lowest BCUT2D eigenvalue weighted by molar-refractivity contribution is 0.102. The Labute approximate surface area is 157 Å². The monoisotopic (exact) mass is 367 g/mol. The molecule has 140 valence electrons. The highest BCUT2D eigenvalue weighted by Crippen LogP contribution is 2.32. The lowest BCUT2D eigenvalue weighted by atomic mass is 10.0. The van der Waals surface area contributed by atoms with Crippen molar-refractivity contribution in [1.82, 2.24) is 10.2 Å². The van der Waals surface area contributed by atoms with Gasteiger partial charge in [-0.15, -0.1) is 0 Å². The van der Waals surface area contributed by atoms with Gasteiger partial charge in [-0.25, -0.2) is 4.39 Å². The number of carbonyl (C=O) groups excluding carboxylic acids is 1. The largest absolute Gasteiger partial charge is 0.497 e. The minimum Gasteiger partial charge on any atom is -0.497 e. The predicted molar refractivity (Wildman–Crippen MR) is 103 cm³/mol. The molecule has 5 nitrogen and oxygen atoms in total. The molecule has 0 atom stereocenters. The number of ether oxygens (including phenoxy) is 1. The maximum Gasteiger partial charge on any atom is 0.258 e. The number of H-pyrrole nitrogens is 1. The van der Waals surface area contributed by atoms with Gasteiger partial charge in [0, 0.05) is 5.56 Å². The molecule has 3 aromatic rings. The molecule has 2 N–H and O–H groups in total. The molecule has 0 spiro atoms. The number of benzene rings is 2. The van der Waals surface area contributed by atoms with Crippen molar-refractivity contribution in [2.24, 2.45) is 5.92 Å². The lowest BCUT2D eigenvalue weighted by Gasteiger charge is -2.11. The van der Waals surface area contributed by atoms with Gasteiger partial charge in [0.1, 0.15) is 17.3 Å². The predicted octanol–water partition coefficient (Wildman–Crippen LogP) is 4.68. The van der Waals surface area contributed by atoms with Crippen molar-refractivity contribution in [3.05, 3.63) is 65.6 Å². The molecule has 0 saturated heterocycles. The second kappa shape index (κ2) is 8.03. The maximum absolute atomic E-state index is 14.0. The average molecular weight is 367 g/mol. The third-order valence-corrected chi connectivity index (χ3v) is 4.15. The summed E-state index contributed by atoms with van der Waals surface area (Å²) in [6, 6.07) is 13.3. The van der Waals surface area contributed by atoms with Gasteiger partial charge in [-0.1, -0.05) is 38.1 Å². The summed E-state index contributed by atoms with van der Waals surface area (Å²) < 4.78 is 19.3. The summed E-state index contributed by atoms with van der Waals surface area (Å²) in [6.45, 7) is 4.16. The van der Waals surface area contributed by atoms with Crippen LogP contribution in [0.3, 0.4) is 0 Å². The lowest BCUT2D eigenvalue weighted by Crippen LogP contribution is -2.15. The van der Waals surface area contributed by atoms with Crippen LogP contribution in [-0.2, 0) is 6.42 Å². The number of rotatable bonds is 6. The molecule has 0 aliphatic carbocycles. The van der Waals surface area contributed by atoms with Crippen molar-refractivity contribution in [2.75, 3.05) is 12.4 Å². The molecule has 0 radical (unpaired) electrons. The number of hydrogen-bond donors (Lipinski definition) is 2. The van der Waals surface area contributed by atoms with Crippen molar-refractivity contribution in [3.8, 4) is 17.0 Å². The number of anilines is 1. The van der Waals surface area contributed by atoms with Gasteiger partial charge in [0.2, 0.25) is 0 Å². The van der Waals surface area contributed by atoms with Gasteiger partial charge in [-0.2, -0.15) is 5.10 Å². The molecule has 0 unspecified atom stereocenters. The molecule has 3 rings (SSSR count). The van der Waals surface area contributed by atoms with E-state index >= 15 is 0 Å². The number of amides is 1. The van der Waals surface area contributed by atoms with Crippen molar-refractivity contribution in [3.63, 3.8) is 0 Å². The van der Waals surface area contributed by atoms with Crippen LogP contribution in [-0.4, -0.2) is 23.2 Å². The van der Waals surface area contributed by atoms with Crippen LogP contribution >= 0.6 is 0 Å². The van der Waals surface area contributed by atoms with Crippen molar-refractivity contribution in [1.29, 1.82) is 0 Å². The Bertz CT molecular complexity index is 950. The number of hydrogen-bond acceptors (Lipinski definition) is 3. The normalized spacial score (nSPS) is 10.9. The molecule has 2 aromatic carbocycles. The minimum absolute atomic E-state index is 0.00853. The van der Waals surface area contributed by atoms with Gasteiger partial charge >= 0.3 is 0 Å². The quantitative estimate of drug-likeness (QED) is 0.665. The number of nitrogens with zero attached hydrogens (tertiary/aromatic N) is 1. The van der Waals surface area contributed by atoms with Crippen molar-refractivity contribution >= 4 is 11.6 Å². The molecule has 0 aliphatic rings. The van der Waals surface area contributed by atoms with Gasteiger partial charge in [0.15, 0.2) is 0 Å². The van der Waals surface area contributed by atoms with Crippen LogP contribution in [0, 0.1) is 11.7 Å². The van der Waals surface area contributed by atoms with E-state index in [4.69, 9.17) is 4.74 Å².